The average Bonchev–Trinajstić information content (AvgIpc) is 3.24. The fourth-order valence-corrected chi connectivity index (χ4v) is 5.05. The van der Waals surface area contributed by atoms with Crippen LogP contribution in [0.25, 0.3) is 21.9 Å². The highest BCUT2D eigenvalue weighted by Crippen LogP contribution is 2.41. The van der Waals surface area contributed by atoms with Crippen LogP contribution < -0.4 is 15.5 Å². The molecule has 5 heterocycles. The third-order valence-corrected chi connectivity index (χ3v) is 6.91. The lowest BCUT2D eigenvalue weighted by Gasteiger charge is -2.53. The van der Waals surface area contributed by atoms with E-state index in [2.05, 4.69) is 55.0 Å². The van der Waals surface area contributed by atoms with Gasteiger partial charge in [-0.2, -0.15) is 0 Å². The lowest BCUT2D eigenvalue weighted by Crippen LogP contribution is -2.60. The molecule has 3 aromatic heterocycles. The molecule has 0 aliphatic carbocycles. The Morgan fingerprint density at radius 3 is 2.59 bits per heavy atom. The Labute approximate surface area is 187 Å². The van der Waals surface area contributed by atoms with Crippen molar-refractivity contribution in [1.82, 2.24) is 29.8 Å². The molecule has 0 bridgehead atoms. The number of benzene rings is 1. The molecule has 0 amide bonds. The molecule has 6 rings (SSSR count). The molecule has 0 unspecified atom stereocenters. The van der Waals surface area contributed by atoms with Gasteiger partial charge >= 0.3 is 0 Å². The van der Waals surface area contributed by atoms with E-state index in [0.717, 1.165) is 53.9 Å². The van der Waals surface area contributed by atoms with Crippen molar-refractivity contribution in [2.24, 2.45) is 5.41 Å². The first-order valence-corrected chi connectivity index (χ1v) is 11.4. The van der Waals surface area contributed by atoms with Crippen LogP contribution in [-0.2, 0) is 0 Å². The highest BCUT2D eigenvalue weighted by molar-refractivity contribution is 6.02. The van der Waals surface area contributed by atoms with Gasteiger partial charge in [-0.25, -0.2) is 19.9 Å². The number of aromatic nitrogens is 5. The summed E-state index contributed by atoms with van der Waals surface area (Å²) in [6.07, 6.45) is 8.24. The van der Waals surface area contributed by atoms with Crippen molar-refractivity contribution in [3.8, 4) is 0 Å². The Hall–Kier alpha value is -3.26. The summed E-state index contributed by atoms with van der Waals surface area (Å²) < 4.78 is 2.16. The summed E-state index contributed by atoms with van der Waals surface area (Å²) in [6, 6.07) is 8.49. The van der Waals surface area contributed by atoms with Crippen LogP contribution in [0.5, 0.6) is 0 Å². The first-order chi connectivity index (χ1) is 15.6. The smallest absolute Gasteiger partial charge is 0.228 e. The first kappa shape index (κ1) is 19.4. The lowest BCUT2D eigenvalue weighted by molar-refractivity contribution is 0.150. The van der Waals surface area contributed by atoms with E-state index < -0.39 is 0 Å². The third kappa shape index (κ3) is 3.26. The van der Waals surface area contributed by atoms with E-state index in [1.165, 1.54) is 18.5 Å². The Bertz CT molecular complexity index is 1260. The number of anilines is 3. The monoisotopic (exact) mass is 428 g/mol. The fourth-order valence-electron chi connectivity index (χ4n) is 5.05. The van der Waals surface area contributed by atoms with Gasteiger partial charge in [-0.15, -0.1) is 0 Å². The van der Waals surface area contributed by atoms with Crippen LogP contribution in [0.3, 0.4) is 0 Å². The summed E-state index contributed by atoms with van der Waals surface area (Å²) in [5.41, 5.74) is 4.57. The van der Waals surface area contributed by atoms with E-state index in [-0.39, 0.29) is 0 Å². The zero-order valence-corrected chi connectivity index (χ0v) is 18.5. The molecule has 1 aromatic carbocycles. The minimum atomic E-state index is 0.303. The van der Waals surface area contributed by atoms with Crippen LogP contribution in [0.2, 0.25) is 0 Å². The van der Waals surface area contributed by atoms with Gasteiger partial charge in [-0.05, 0) is 64.0 Å². The minimum Gasteiger partial charge on any atom is -0.369 e. The van der Waals surface area contributed by atoms with E-state index in [9.17, 15) is 0 Å². The van der Waals surface area contributed by atoms with E-state index in [1.807, 2.05) is 36.9 Å². The van der Waals surface area contributed by atoms with Crippen LogP contribution in [0.15, 0.2) is 43.0 Å². The Kier molecular flexibility index (Phi) is 4.50. The molecular weight excluding hydrogens is 400 g/mol. The van der Waals surface area contributed by atoms with Gasteiger partial charge in [0.25, 0.3) is 0 Å². The Balaban J connectivity index is 1.23. The van der Waals surface area contributed by atoms with Gasteiger partial charge in [-0.3, -0.25) is 0 Å². The SMILES string of the molecule is CC(C)n1cnc2ccc3cnc(Nc4ccc(N5CC6(CCNCC6)C5)cn4)nc3c21. The number of rotatable bonds is 4. The standard InChI is InChI=1S/C24H28N8/c1-16(2)32-15-28-19-5-3-17-11-27-23(30-21(17)22(19)32)29-20-6-4-18(12-26-20)31-13-24(14-31)7-9-25-10-8-24/h3-6,11-12,15-16,25H,7-10,13-14H2,1-2H3,(H,26,27,29,30). The molecule has 1 spiro atoms. The van der Waals surface area contributed by atoms with Crippen molar-refractivity contribution in [1.29, 1.82) is 0 Å². The number of hydrogen-bond donors (Lipinski definition) is 2. The molecule has 0 atom stereocenters. The number of nitrogens with zero attached hydrogens (tertiary/aromatic N) is 6. The number of pyridine rings is 1. The molecule has 2 fully saturated rings. The van der Waals surface area contributed by atoms with Gasteiger partial charge < -0.3 is 20.1 Å². The molecule has 32 heavy (non-hydrogen) atoms. The number of piperidine rings is 1. The number of nitrogens with one attached hydrogen (secondary N) is 2. The molecule has 164 valence electrons. The lowest BCUT2D eigenvalue weighted by atomic mass is 9.72. The minimum absolute atomic E-state index is 0.303. The van der Waals surface area contributed by atoms with Gasteiger partial charge in [0.1, 0.15) is 11.3 Å². The van der Waals surface area contributed by atoms with Gasteiger partial charge in [-0.1, -0.05) is 0 Å². The summed E-state index contributed by atoms with van der Waals surface area (Å²) >= 11 is 0. The van der Waals surface area contributed by atoms with Crippen LogP contribution in [0.4, 0.5) is 17.5 Å². The Morgan fingerprint density at radius 1 is 1.00 bits per heavy atom. The van der Waals surface area contributed by atoms with Gasteiger partial charge in [0.05, 0.1) is 29.2 Å². The van der Waals surface area contributed by atoms with Gasteiger partial charge in [0, 0.05) is 36.1 Å². The Morgan fingerprint density at radius 2 is 1.84 bits per heavy atom. The first-order valence-electron chi connectivity index (χ1n) is 11.4. The zero-order valence-electron chi connectivity index (χ0n) is 18.5. The van der Waals surface area contributed by atoms with Crippen LogP contribution in [0.1, 0.15) is 32.7 Å². The molecule has 8 heteroatoms. The van der Waals surface area contributed by atoms with E-state index >= 15 is 0 Å². The second-order valence-corrected chi connectivity index (χ2v) is 9.44. The van der Waals surface area contributed by atoms with Crippen LogP contribution in [-0.4, -0.2) is 50.7 Å². The number of imidazole rings is 1. The third-order valence-electron chi connectivity index (χ3n) is 6.91. The number of hydrogen-bond acceptors (Lipinski definition) is 7. The molecule has 2 saturated heterocycles. The molecule has 0 saturated carbocycles. The highest BCUT2D eigenvalue weighted by Gasteiger charge is 2.43. The molecule has 4 aromatic rings. The predicted octanol–water partition coefficient (Wildman–Crippen LogP) is 3.89. The normalized spacial score (nSPS) is 17.9. The fraction of sp³-hybridized carbons (Fsp3) is 0.417. The van der Waals surface area contributed by atoms with Gasteiger partial charge in [0.2, 0.25) is 5.95 Å². The number of fused-ring (bicyclic) bond motifs is 3. The molecule has 8 nitrogen and oxygen atoms in total. The van der Waals surface area contributed by atoms with Crippen LogP contribution in [0, 0.1) is 5.41 Å². The van der Waals surface area contributed by atoms with Crippen molar-refractivity contribution in [2.45, 2.75) is 32.7 Å². The van der Waals surface area contributed by atoms with Gasteiger partial charge in [0.15, 0.2) is 0 Å². The molecule has 2 aliphatic rings. The zero-order chi connectivity index (χ0) is 21.7. The quantitative estimate of drug-likeness (QED) is 0.510. The van der Waals surface area contributed by atoms with Crippen molar-refractivity contribution in [3.63, 3.8) is 0 Å². The second kappa shape index (κ2) is 7.41. The van der Waals surface area contributed by atoms with Crippen molar-refractivity contribution < 1.29 is 0 Å². The topological polar surface area (TPSA) is 83.8 Å². The van der Waals surface area contributed by atoms with E-state index in [4.69, 9.17) is 4.98 Å². The van der Waals surface area contributed by atoms with E-state index in [1.54, 1.807) is 0 Å². The summed E-state index contributed by atoms with van der Waals surface area (Å²) in [7, 11) is 0. The van der Waals surface area contributed by atoms with Crippen LogP contribution >= 0.6 is 0 Å². The summed E-state index contributed by atoms with van der Waals surface area (Å²) in [5.74, 6) is 1.29. The average molecular weight is 429 g/mol. The molecule has 2 aliphatic heterocycles. The van der Waals surface area contributed by atoms with Crippen molar-refractivity contribution >= 4 is 39.4 Å². The summed E-state index contributed by atoms with van der Waals surface area (Å²) in [5, 5.41) is 7.73. The summed E-state index contributed by atoms with van der Waals surface area (Å²) in [6.45, 7) is 8.86. The largest absolute Gasteiger partial charge is 0.369 e. The van der Waals surface area contributed by atoms with E-state index in [0.29, 0.717) is 17.4 Å². The maximum atomic E-state index is 4.82. The second-order valence-electron chi connectivity index (χ2n) is 9.44. The maximum absolute atomic E-state index is 4.82. The molecule has 2 N–H and O–H groups in total. The summed E-state index contributed by atoms with van der Waals surface area (Å²) in [4.78, 5) is 20.9. The van der Waals surface area contributed by atoms with Crippen molar-refractivity contribution in [2.75, 3.05) is 36.4 Å². The molecular formula is C24H28N8. The maximum Gasteiger partial charge on any atom is 0.228 e. The molecule has 0 radical (unpaired) electrons. The van der Waals surface area contributed by atoms with Crippen molar-refractivity contribution in [3.05, 3.63) is 43.0 Å². The predicted molar refractivity (Wildman–Crippen MR) is 127 cm³/mol. The highest BCUT2D eigenvalue weighted by atomic mass is 15.2.